The van der Waals surface area contributed by atoms with Crippen LogP contribution in [0.5, 0.6) is 0 Å². The van der Waals surface area contributed by atoms with Crippen LogP contribution < -0.4 is 0 Å². The van der Waals surface area contributed by atoms with Crippen molar-refractivity contribution in [2.75, 3.05) is 14.1 Å². The topological polar surface area (TPSA) is 56.3 Å². The third-order valence-electron chi connectivity index (χ3n) is 4.09. The zero-order valence-corrected chi connectivity index (χ0v) is 11.1. The van der Waals surface area contributed by atoms with Gasteiger partial charge in [-0.3, -0.25) is 4.79 Å². The second-order valence-corrected chi connectivity index (χ2v) is 5.50. The summed E-state index contributed by atoms with van der Waals surface area (Å²) in [5, 5.41) is 9.04. The summed E-state index contributed by atoms with van der Waals surface area (Å²) >= 11 is 0. The zero-order valence-electron chi connectivity index (χ0n) is 11.1. The number of hydrogen-bond donors (Lipinski definition) is 2. The molecule has 1 fully saturated rings. The quantitative estimate of drug-likeness (QED) is 0.863. The van der Waals surface area contributed by atoms with Crippen molar-refractivity contribution in [3.63, 3.8) is 0 Å². The molecule has 1 saturated carbocycles. The highest BCUT2D eigenvalue weighted by molar-refractivity contribution is 5.70. The van der Waals surface area contributed by atoms with E-state index in [1.165, 1.54) is 5.56 Å². The molecule has 0 aliphatic heterocycles. The number of aromatic amines is 1. The first kappa shape index (κ1) is 13.1. The maximum absolute atomic E-state index is 11.0. The highest BCUT2D eigenvalue weighted by atomic mass is 16.4. The summed E-state index contributed by atoms with van der Waals surface area (Å²) in [5.41, 5.74) is 1.30. The number of carboxylic acid groups (broad SMARTS) is 1. The lowest BCUT2D eigenvalue weighted by molar-refractivity contribution is -0.143. The fraction of sp³-hybridized carbons (Fsp3) is 0.643. The Labute approximate surface area is 108 Å². The Hall–Kier alpha value is -1.29. The van der Waals surface area contributed by atoms with Crippen molar-refractivity contribution in [1.29, 1.82) is 0 Å². The Morgan fingerprint density at radius 3 is 2.50 bits per heavy atom. The first-order valence-corrected chi connectivity index (χ1v) is 6.61. The predicted molar refractivity (Wildman–Crippen MR) is 70.3 cm³/mol. The number of carbonyl (C=O) groups is 1. The molecule has 0 radical (unpaired) electrons. The maximum Gasteiger partial charge on any atom is 0.306 e. The summed E-state index contributed by atoms with van der Waals surface area (Å²) < 4.78 is 0. The van der Waals surface area contributed by atoms with Crippen LogP contribution >= 0.6 is 0 Å². The summed E-state index contributed by atoms with van der Waals surface area (Å²) in [6.07, 6.45) is 7.64. The Morgan fingerprint density at radius 1 is 1.39 bits per heavy atom. The molecule has 0 bridgehead atoms. The van der Waals surface area contributed by atoms with E-state index in [1.807, 2.05) is 12.4 Å². The number of aliphatic carboxylic acids is 1. The van der Waals surface area contributed by atoms with Gasteiger partial charge in [0, 0.05) is 18.4 Å². The molecule has 2 N–H and O–H groups in total. The van der Waals surface area contributed by atoms with Gasteiger partial charge in [-0.15, -0.1) is 0 Å². The van der Waals surface area contributed by atoms with Gasteiger partial charge in [-0.1, -0.05) is 0 Å². The molecule has 0 saturated heterocycles. The smallest absolute Gasteiger partial charge is 0.306 e. The number of carboxylic acids is 1. The average molecular weight is 250 g/mol. The van der Waals surface area contributed by atoms with E-state index in [1.54, 1.807) is 0 Å². The van der Waals surface area contributed by atoms with E-state index in [0.717, 1.165) is 25.7 Å². The molecule has 0 spiro atoms. The van der Waals surface area contributed by atoms with E-state index >= 15 is 0 Å². The number of rotatable bonds is 4. The Morgan fingerprint density at radius 2 is 2.06 bits per heavy atom. The second kappa shape index (κ2) is 5.57. The molecule has 1 unspecified atom stereocenters. The molecule has 0 aromatic carbocycles. The molecule has 4 nitrogen and oxygen atoms in total. The summed E-state index contributed by atoms with van der Waals surface area (Å²) in [5.74, 6) is -0.196. The first-order valence-electron chi connectivity index (χ1n) is 6.61. The molecule has 100 valence electrons. The van der Waals surface area contributed by atoms with Crippen molar-refractivity contribution in [1.82, 2.24) is 9.88 Å². The van der Waals surface area contributed by atoms with E-state index in [9.17, 15) is 4.79 Å². The van der Waals surface area contributed by atoms with E-state index in [-0.39, 0.29) is 5.92 Å². The van der Waals surface area contributed by atoms with Gasteiger partial charge in [0.2, 0.25) is 0 Å². The van der Waals surface area contributed by atoms with Crippen LogP contribution in [-0.4, -0.2) is 35.1 Å². The van der Waals surface area contributed by atoms with Crippen LogP contribution in [0.3, 0.4) is 0 Å². The van der Waals surface area contributed by atoms with E-state index in [4.69, 9.17) is 5.11 Å². The van der Waals surface area contributed by atoms with Crippen LogP contribution in [0.1, 0.15) is 37.3 Å². The van der Waals surface area contributed by atoms with Crippen molar-refractivity contribution in [2.24, 2.45) is 11.8 Å². The fourth-order valence-electron chi connectivity index (χ4n) is 3.19. The van der Waals surface area contributed by atoms with E-state index < -0.39 is 5.97 Å². The standard InChI is InChI=1S/C14H22N2O2/c1-16(2)13(12-7-8-15-9-12)10-3-5-11(6-4-10)14(17)18/h7-11,13,15H,3-6H2,1-2H3,(H,17,18). The van der Waals surface area contributed by atoms with Gasteiger partial charge in [-0.25, -0.2) is 0 Å². The second-order valence-electron chi connectivity index (χ2n) is 5.50. The van der Waals surface area contributed by atoms with Gasteiger partial charge in [0.1, 0.15) is 0 Å². The average Bonchev–Trinajstić information content (AvgIpc) is 2.83. The number of nitrogens with one attached hydrogen (secondary N) is 1. The summed E-state index contributed by atoms with van der Waals surface area (Å²) in [6, 6.07) is 2.51. The van der Waals surface area contributed by atoms with Crippen molar-refractivity contribution in [2.45, 2.75) is 31.7 Å². The van der Waals surface area contributed by atoms with Crippen LogP contribution in [0.2, 0.25) is 0 Å². The summed E-state index contributed by atoms with van der Waals surface area (Å²) in [4.78, 5) is 16.3. The molecule has 1 atom stereocenters. The highest BCUT2D eigenvalue weighted by Gasteiger charge is 2.32. The highest BCUT2D eigenvalue weighted by Crippen LogP contribution is 2.39. The Kier molecular flexibility index (Phi) is 4.07. The molecular formula is C14H22N2O2. The molecule has 1 aliphatic rings. The van der Waals surface area contributed by atoms with Gasteiger partial charge in [0.15, 0.2) is 0 Å². The van der Waals surface area contributed by atoms with Gasteiger partial charge in [-0.05, 0) is 57.3 Å². The SMILES string of the molecule is CN(C)C(c1cc[nH]c1)C1CCC(C(=O)O)CC1. The Balaban J connectivity index is 2.04. The normalized spacial score (nSPS) is 26.2. The first-order chi connectivity index (χ1) is 8.59. The monoisotopic (exact) mass is 250 g/mol. The van der Waals surface area contributed by atoms with E-state index in [2.05, 4.69) is 30.0 Å². The minimum atomic E-state index is -0.628. The minimum Gasteiger partial charge on any atom is -0.481 e. The Bertz CT molecular complexity index is 379. The molecule has 0 amide bonds. The van der Waals surface area contributed by atoms with Gasteiger partial charge in [0.05, 0.1) is 5.92 Å². The third-order valence-corrected chi connectivity index (χ3v) is 4.09. The molecule has 1 aliphatic carbocycles. The molecule has 2 rings (SSSR count). The van der Waals surface area contributed by atoms with Gasteiger partial charge >= 0.3 is 5.97 Å². The lowest BCUT2D eigenvalue weighted by Crippen LogP contribution is -2.31. The molecule has 18 heavy (non-hydrogen) atoms. The van der Waals surface area contributed by atoms with Crippen LogP contribution in [0.15, 0.2) is 18.5 Å². The van der Waals surface area contributed by atoms with Crippen molar-refractivity contribution >= 4 is 5.97 Å². The molecule has 1 heterocycles. The third kappa shape index (κ3) is 2.75. The van der Waals surface area contributed by atoms with Gasteiger partial charge < -0.3 is 15.0 Å². The number of aromatic nitrogens is 1. The maximum atomic E-state index is 11.0. The van der Waals surface area contributed by atoms with Gasteiger partial charge in [0.25, 0.3) is 0 Å². The molecule has 1 aromatic rings. The summed E-state index contributed by atoms with van der Waals surface area (Å²) in [6.45, 7) is 0. The number of H-pyrrole nitrogens is 1. The van der Waals surface area contributed by atoms with E-state index in [0.29, 0.717) is 12.0 Å². The summed E-state index contributed by atoms with van der Waals surface area (Å²) in [7, 11) is 4.20. The van der Waals surface area contributed by atoms with Crippen molar-refractivity contribution < 1.29 is 9.90 Å². The van der Waals surface area contributed by atoms with Crippen LogP contribution in [0.4, 0.5) is 0 Å². The number of nitrogens with zero attached hydrogens (tertiary/aromatic N) is 1. The number of hydrogen-bond acceptors (Lipinski definition) is 2. The lowest BCUT2D eigenvalue weighted by Gasteiger charge is -2.36. The van der Waals surface area contributed by atoms with Crippen molar-refractivity contribution in [3.05, 3.63) is 24.0 Å². The lowest BCUT2D eigenvalue weighted by atomic mass is 9.77. The minimum absolute atomic E-state index is 0.129. The zero-order chi connectivity index (χ0) is 13.1. The molecule has 1 aromatic heterocycles. The fourth-order valence-corrected chi connectivity index (χ4v) is 3.19. The molecule has 4 heteroatoms. The van der Waals surface area contributed by atoms with Crippen molar-refractivity contribution in [3.8, 4) is 0 Å². The van der Waals surface area contributed by atoms with Gasteiger partial charge in [-0.2, -0.15) is 0 Å². The predicted octanol–water partition coefficient (Wildman–Crippen LogP) is 2.51. The van der Waals surface area contributed by atoms with Crippen LogP contribution in [0, 0.1) is 11.8 Å². The molecular weight excluding hydrogens is 228 g/mol. The van der Waals surface area contributed by atoms with Crippen LogP contribution in [0.25, 0.3) is 0 Å². The van der Waals surface area contributed by atoms with Crippen LogP contribution in [-0.2, 0) is 4.79 Å². The largest absolute Gasteiger partial charge is 0.481 e.